The summed E-state index contributed by atoms with van der Waals surface area (Å²) in [5.41, 5.74) is -0.236. The minimum Gasteiger partial charge on any atom is -0.212 e. The van der Waals surface area contributed by atoms with E-state index in [4.69, 9.17) is 6.42 Å². The van der Waals surface area contributed by atoms with Crippen molar-refractivity contribution in [3.05, 3.63) is 0 Å². The Morgan fingerprint density at radius 3 is 2.25 bits per heavy atom. The highest BCUT2D eigenvalue weighted by molar-refractivity contribution is 7.89. The van der Waals surface area contributed by atoms with Crippen LogP contribution in [0, 0.1) is 17.8 Å². The molecule has 0 aromatic heterocycles. The van der Waals surface area contributed by atoms with E-state index < -0.39 is 10.0 Å². The summed E-state index contributed by atoms with van der Waals surface area (Å²) in [6, 6.07) is 0. The Labute approximate surface area is 74.6 Å². The van der Waals surface area contributed by atoms with Crippen molar-refractivity contribution in [1.82, 2.24) is 4.72 Å². The van der Waals surface area contributed by atoms with Crippen LogP contribution >= 0.6 is 0 Å². The third kappa shape index (κ3) is 6.20. The van der Waals surface area contributed by atoms with Gasteiger partial charge in [0.15, 0.2) is 0 Å². The van der Waals surface area contributed by atoms with Crippen molar-refractivity contribution < 1.29 is 8.42 Å². The number of hydrogen-bond donors (Lipinski definition) is 1. The van der Waals surface area contributed by atoms with Gasteiger partial charge in [0.05, 0.1) is 12.3 Å². The lowest BCUT2D eigenvalue weighted by atomic mass is 10.0. The van der Waals surface area contributed by atoms with E-state index in [0.717, 1.165) is 0 Å². The van der Waals surface area contributed by atoms with Crippen LogP contribution in [0.15, 0.2) is 0 Å². The largest absolute Gasteiger partial charge is 0.212 e. The average molecular weight is 189 g/mol. The standard InChI is InChI=1S/C8H15NO2S/c1-5-6-9-12(10,11)7-8(2,3)4/h1,9H,6-7H2,2-4H3. The summed E-state index contributed by atoms with van der Waals surface area (Å²) in [7, 11) is -3.19. The molecule has 0 aromatic rings. The van der Waals surface area contributed by atoms with Crippen LogP contribution in [-0.4, -0.2) is 20.7 Å². The Morgan fingerprint density at radius 2 is 1.92 bits per heavy atom. The Balaban J connectivity index is 4.18. The summed E-state index contributed by atoms with van der Waals surface area (Å²) >= 11 is 0. The third-order valence-electron chi connectivity index (χ3n) is 1.02. The molecule has 12 heavy (non-hydrogen) atoms. The maximum absolute atomic E-state index is 11.2. The minimum absolute atomic E-state index is 0.0679. The van der Waals surface area contributed by atoms with Gasteiger partial charge in [0.1, 0.15) is 0 Å². The molecule has 0 atom stereocenters. The van der Waals surface area contributed by atoms with Gasteiger partial charge in [-0.2, -0.15) is 0 Å². The SMILES string of the molecule is C#CCNS(=O)(=O)CC(C)(C)C. The minimum atomic E-state index is -3.19. The van der Waals surface area contributed by atoms with Gasteiger partial charge in [-0.1, -0.05) is 26.7 Å². The first-order valence-corrected chi connectivity index (χ1v) is 5.33. The first-order chi connectivity index (χ1) is 5.27. The van der Waals surface area contributed by atoms with Gasteiger partial charge in [0.2, 0.25) is 10.0 Å². The number of terminal acetylenes is 1. The van der Waals surface area contributed by atoms with E-state index in [9.17, 15) is 8.42 Å². The molecule has 0 heterocycles. The first kappa shape index (κ1) is 11.5. The van der Waals surface area contributed by atoms with Gasteiger partial charge < -0.3 is 0 Å². The van der Waals surface area contributed by atoms with Crippen molar-refractivity contribution in [2.24, 2.45) is 5.41 Å². The van der Waals surface area contributed by atoms with E-state index in [1.165, 1.54) is 0 Å². The van der Waals surface area contributed by atoms with Crippen LogP contribution in [0.3, 0.4) is 0 Å². The molecule has 0 saturated carbocycles. The second-order valence-electron chi connectivity index (χ2n) is 3.84. The molecule has 0 aliphatic heterocycles. The summed E-state index contributed by atoms with van der Waals surface area (Å²) in [6.07, 6.45) is 4.92. The summed E-state index contributed by atoms with van der Waals surface area (Å²) in [5.74, 6) is 2.32. The molecule has 4 heteroatoms. The van der Waals surface area contributed by atoms with Crippen LogP contribution in [0.2, 0.25) is 0 Å². The van der Waals surface area contributed by atoms with E-state index in [-0.39, 0.29) is 17.7 Å². The zero-order chi connectivity index (χ0) is 9.83. The number of hydrogen-bond acceptors (Lipinski definition) is 2. The summed E-state index contributed by atoms with van der Waals surface area (Å²) in [6.45, 7) is 5.66. The maximum Gasteiger partial charge on any atom is 0.212 e. The lowest BCUT2D eigenvalue weighted by Crippen LogP contribution is -2.32. The molecule has 3 nitrogen and oxygen atoms in total. The van der Waals surface area contributed by atoms with Gasteiger partial charge in [-0.3, -0.25) is 0 Å². The molecule has 0 saturated heterocycles. The predicted octanol–water partition coefficient (Wildman–Crippen LogP) is 0.585. The van der Waals surface area contributed by atoms with Crippen molar-refractivity contribution >= 4 is 10.0 Å². The van der Waals surface area contributed by atoms with Gasteiger partial charge in [-0.25, -0.2) is 13.1 Å². The van der Waals surface area contributed by atoms with Crippen molar-refractivity contribution in [1.29, 1.82) is 0 Å². The Hall–Kier alpha value is -0.530. The number of sulfonamides is 1. The summed E-state index contributed by atoms with van der Waals surface area (Å²) < 4.78 is 24.7. The van der Waals surface area contributed by atoms with E-state index in [1.54, 1.807) is 0 Å². The highest BCUT2D eigenvalue weighted by Crippen LogP contribution is 2.14. The van der Waals surface area contributed by atoms with Crippen molar-refractivity contribution in [3.8, 4) is 12.3 Å². The molecule has 70 valence electrons. The van der Waals surface area contributed by atoms with Crippen LogP contribution in [0.1, 0.15) is 20.8 Å². The second kappa shape index (κ2) is 3.92. The molecule has 0 spiro atoms. The number of nitrogens with one attached hydrogen (secondary N) is 1. The maximum atomic E-state index is 11.2. The quantitative estimate of drug-likeness (QED) is 0.660. The van der Waals surface area contributed by atoms with Crippen LogP contribution < -0.4 is 4.72 Å². The topological polar surface area (TPSA) is 46.2 Å². The molecule has 0 rings (SSSR count). The monoisotopic (exact) mass is 189 g/mol. The zero-order valence-electron chi connectivity index (χ0n) is 7.72. The predicted molar refractivity (Wildman–Crippen MR) is 50.1 cm³/mol. The fraction of sp³-hybridized carbons (Fsp3) is 0.750. The molecule has 0 fully saturated rings. The smallest absolute Gasteiger partial charge is 0.212 e. The molecule has 0 amide bonds. The molecule has 0 aromatic carbocycles. The van der Waals surface area contributed by atoms with Gasteiger partial charge >= 0.3 is 0 Å². The van der Waals surface area contributed by atoms with Gasteiger partial charge in [0, 0.05) is 0 Å². The van der Waals surface area contributed by atoms with Crippen molar-refractivity contribution in [3.63, 3.8) is 0 Å². The molecule has 0 aliphatic rings. The molecule has 1 N–H and O–H groups in total. The van der Waals surface area contributed by atoms with E-state index in [1.807, 2.05) is 20.8 Å². The third-order valence-corrected chi connectivity index (χ3v) is 2.85. The lowest BCUT2D eigenvalue weighted by molar-refractivity contribution is 0.459. The van der Waals surface area contributed by atoms with Crippen LogP contribution in [-0.2, 0) is 10.0 Å². The van der Waals surface area contributed by atoms with Crippen LogP contribution in [0.4, 0.5) is 0 Å². The fourth-order valence-corrected chi connectivity index (χ4v) is 2.32. The summed E-state index contributed by atoms with van der Waals surface area (Å²) in [5, 5.41) is 0. The van der Waals surface area contributed by atoms with Crippen molar-refractivity contribution in [2.45, 2.75) is 20.8 Å². The Bertz CT molecular complexity index is 266. The normalized spacial score (nSPS) is 12.5. The summed E-state index contributed by atoms with van der Waals surface area (Å²) in [4.78, 5) is 0. The average Bonchev–Trinajstić information content (AvgIpc) is 1.78. The molecular formula is C8H15NO2S. The molecule has 0 aliphatic carbocycles. The van der Waals surface area contributed by atoms with E-state index in [0.29, 0.717) is 0 Å². The molecule has 0 radical (unpaired) electrons. The number of rotatable bonds is 3. The fourth-order valence-electron chi connectivity index (χ4n) is 0.773. The first-order valence-electron chi connectivity index (χ1n) is 3.68. The second-order valence-corrected chi connectivity index (χ2v) is 5.65. The lowest BCUT2D eigenvalue weighted by Gasteiger charge is -2.17. The van der Waals surface area contributed by atoms with Gasteiger partial charge in [-0.15, -0.1) is 6.42 Å². The van der Waals surface area contributed by atoms with E-state index >= 15 is 0 Å². The highest BCUT2D eigenvalue weighted by atomic mass is 32.2. The van der Waals surface area contributed by atoms with E-state index in [2.05, 4.69) is 10.6 Å². The Kier molecular flexibility index (Phi) is 3.75. The van der Waals surface area contributed by atoms with Crippen LogP contribution in [0.25, 0.3) is 0 Å². The Morgan fingerprint density at radius 1 is 1.42 bits per heavy atom. The molecule has 0 bridgehead atoms. The molecular weight excluding hydrogens is 174 g/mol. The van der Waals surface area contributed by atoms with Gasteiger partial charge in [-0.05, 0) is 5.41 Å². The molecule has 0 unspecified atom stereocenters. The van der Waals surface area contributed by atoms with Gasteiger partial charge in [0.25, 0.3) is 0 Å². The highest BCUT2D eigenvalue weighted by Gasteiger charge is 2.20. The zero-order valence-corrected chi connectivity index (χ0v) is 8.53. The van der Waals surface area contributed by atoms with Crippen LogP contribution in [0.5, 0.6) is 0 Å². The van der Waals surface area contributed by atoms with Crippen molar-refractivity contribution in [2.75, 3.05) is 12.3 Å².